The molecule has 1 atom stereocenters. The molecule has 0 radical (unpaired) electrons. The van der Waals surface area contributed by atoms with Crippen molar-refractivity contribution in [2.45, 2.75) is 19.5 Å². The van der Waals surface area contributed by atoms with E-state index in [9.17, 15) is 0 Å². The second-order valence-electron chi connectivity index (χ2n) is 3.29. The third kappa shape index (κ3) is 2.09. The molecule has 5 heteroatoms. The Bertz CT molecular complexity index is 407. The van der Waals surface area contributed by atoms with Gasteiger partial charge >= 0.3 is 0 Å². The minimum absolute atomic E-state index is 0.0385. The first kappa shape index (κ1) is 10.4. The second-order valence-corrected chi connectivity index (χ2v) is 4.07. The van der Waals surface area contributed by atoms with Crippen LogP contribution in [0, 0.1) is 0 Å². The maximum Gasteiger partial charge on any atom is 0.0748 e. The largest absolute Gasteiger partial charge is 0.273 e. The zero-order valence-corrected chi connectivity index (χ0v) is 9.37. The third-order valence-electron chi connectivity index (χ3n) is 2.35. The average Bonchev–Trinajstić information content (AvgIpc) is 2.89. The minimum Gasteiger partial charge on any atom is -0.273 e. The summed E-state index contributed by atoms with van der Waals surface area (Å²) in [5, 5.41) is 8.37. The van der Waals surface area contributed by atoms with Crippen molar-refractivity contribution in [3.8, 4) is 0 Å². The first-order chi connectivity index (χ1) is 7.35. The number of nitrogens with one attached hydrogen (secondary N) is 1. The van der Waals surface area contributed by atoms with Gasteiger partial charge in [-0.2, -0.15) is 16.4 Å². The van der Waals surface area contributed by atoms with Crippen LogP contribution in [-0.2, 0) is 6.54 Å². The van der Waals surface area contributed by atoms with Crippen molar-refractivity contribution in [1.29, 1.82) is 0 Å². The van der Waals surface area contributed by atoms with Gasteiger partial charge in [-0.25, -0.2) is 5.43 Å². The molecule has 0 amide bonds. The molecule has 0 spiro atoms. The highest BCUT2D eigenvalue weighted by Gasteiger charge is 2.14. The molecule has 0 aliphatic carbocycles. The van der Waals surface area contributed by atoms with Crippen LogP contribution in [0.25, 0.3) is 0 Å². The molecule has 0 aliphatic heterocycles. The zero-order valence-electron chi connectivity index (χ0n) is 8.55. The third-order valence-corrected chi connectivity index (χ3v) is 3.06. The average molecular weight is 222 g/mol. The van der Waals surface area contributed by atoms with Crippen LogP contribution in [0.15, 0.2) is 29.2 Å². The SMILES string of the molecule is CCn1cc(C(NN)c2ccsc2)cn1. The fourth-order valence-electron chi connectivity index (χ4n) is 1.53. The van der Waals surface area contributed by atoms with E-state index in [0.29, 0.717) is 0 Å². The van der Waals surface area contributed by atoms with Crippen LogP contribution in [0.1, 0.15) is 24.1 Å². The van der Waals surface area contributed by atoms with E-state index >= 15 is 0 Å². The van der Waals surface area contributed by atoms with Crippen LogP contribution in [0.2, 0.25) is 0 Å². The van der Waals surface area contributed by atoms with Gasteiger partial charge < -0.3 is 0 Å². The van der Waals surface area contributed by atoms with Gasteiger partial charge in [0.15, 0.2) is 0 Å². The summed E-state index contributed by atoms with van der Waals surface area (Å²) in [5.74, 6) is 5.56. The molecule has 2 aromatic heterocycles. The number of hydrogen-bond donors (Lipinski definition) is 2. The van der Waals surface area contributed by atoms with Gasteiger partial charge in [0.25, 0.3) is 0 Å². The summed E-state index contributed by atoms with van der Waals surface area (Å²) in [7, 11) is 0. The molecule has 0 saturated carbocycles. The number of thiophene rings is 1. The van der Waals surface area contributed by atoms with Gasteiger partial charge in [0, 0.05) is 18.3 Å². The summed E-state index contributed by atoms with van der Waals surface area (Å²) in [4.78, 5) is 0. The Hall–Kier alpha value is -1.17. The summed E-state index contributed by atoms with van der Waals surface area (Å²) >= 11 is 1.67. The van der Waals surface area contributed by atoms with Crippen molar-refractivity contribution >= 4 is 11.3 Å². The number of aromatic nitrogens is 2. The van der Waals surface area contributed by atoms with E-state index in [4.69, 9.17) is 5.84 Å². The molecule has 1 unspecified atom stereocenters. The van der Waals surface area contributed by atoms with Gasteiger partial charge in [-0.15, -0.1) is 0 Å². The Balaban J connectivity index is 2.27. The Morgan fingerprint density at radius 3 is 3.00 bits per heavy atom. The molecule has 0 bridgehead atoms. The topological polar surface area (TPSA) is 55.9 Å². The number of hydrazine groups is 1. The Labute approximate surface area is 92.7 Å². The van der Waals surface area contributed by atoms with Crippen LogP contribution >= 0.6 is 11.3 Å². The molecule has 2 heterocycles. The first-order valence-electron chi connectivity index (χ1n) is 4.85. The lowest BCUT2D eigenvalue weighted by Crippen LogP contribution is -2.28. The molecule has 0 aliphatic rings. The van der Waals surface area contributed by atoms with Gasteiger partial charge in [-0.1, -0.05) is 0 Å². The first-order valence-corrected chi connectivity index (χ1v) is 5.80. The van der Waals surface area contributed by atoms with E-state index in [1.165, 1.54) is 5.56 Å². The summed E-state index contributed by atoms with van der Waals surface area (Å²) in [6.45, 7) is 2.94. The lowest BCUT2D eigenvalue weighted by molar-refractivity contribution is 0.631. The van der Waals surface area contributed by atoms with E-state index in [-0.39, 0.29) is 6.04 Å². The maximum absolute atomic E-state index is 5.56. The molecule has 2 rings (SSSR count). The van der Waals surface area contributed by atoms with Gasteiger partial charge in [0.1, 0.15) is 0 Å². The maximum atomic E-state index is 5.56. The molecule has 0 saturated heterocycles. The van der Waals surface area contributed by atoms with E-state index in [1.54, 1.807) is 11.3 Å². The summed E-state index contributed by atoms with van der Waals surface area (Å²) in [5.41, 5.74) is 5.09. The van der Waals surface area contributed by atoms with Gasteiger partial charge in [-0.05, 0) is 29.3 Å². The van der Waals surface area contributed by atoms with E-state index in [1.807, 2.05) is 22.5 Å². The monoisotopic (exact) mass is 222 g/mol. The molecule has 15 heavy (non-hydrogen) atoms. The standard InChI is InChI=1S/C10H14N4S/c1-2-14-6-9(5-12-14)10(13-11)8-3-4-15-7-8/h3-7,10,13H,2,11H2,1H3. The van der Waals surface area contributed by atoms with Crippen LogP contribution < -0.4 is 11.3 Å². The van der Waals surface area contributed by atoms with Crippen LogP contribution in [0.5, 0.6) is 0 Å². The zero-order chi connectivity index (χ0) is 10.7. The van der Waals surface area contributed by atoms with Gasteiger partial charge in [-0.3, -0.25) is 10.5 Å². The van der Waals surface area contributed by atoms with E-state index in [0.717, 1.165) is 12.1 Å². The van der Waals surface area contributed by atoms with Gasteiger partial charge in [0.2, 0.25) is 0 Å². The second kappa shape index (κ2) is 4.57. The fourth-order valence-corrected chi connectivity index (χ4v) is 2.21. The van der Waals surface area contributed by atoms with E-state index in [2.05, 4.69) is 28.9 Å². The van der Waals surface area contributed by atoms with E-state index < -0.39 is 0 Å². The fraction of sp³-hybridized carbons (Fsp3) is 0.300. The van der Waals surface area contributed by atoms with Crippen molar-refractivity contribution < 1.29 is 0 Å². The van der Waals surface area contributed by atoms with Crippen molar-refractivity contribution in [3.63, 3.8) is 0 Å². The molecular weight excluding hydrogens is 208 g/mol. The van der Waals surface area contributed by atoms with Gasteiger partial charge in [0.05, 0.1) is 12.2 Å². The number of aryl methyl sites for hydroxylation is 1. The lowest BCUT2D eigenvalue weighted by atomic mass is 10.1. The molecule has 3 N–H and O–H groups in total. The molecular formula is C10H14N4S. The van der Waals surface area contributed by atoms with Crippen LogP contribution in [0.4, 0.5) is 0 Å². The summed E-state index contributed by atoms with van der Waals surface area (Å²) < 4.78 is 1.89. The summed E-state index contributed by atoms with van der Waals surface area (Å²) in [6, 6.07) is 2.11. The highest BCUT2D eigenvalue weighted by molar-refractivity contribution is 7.08. The predicted octanol–water partition coefficient (Wildman–Crippen LogP) is 1.52. The molecule has 2 aromatic rings. The number of nitrogens with two attached hydrogens (primary N) is 1. The Morgan fingerprint density at radius 1 is 1.60 bits per heavy atom. The molecule has 0 fully saturated rings. The molecule has 0 aromatic carbocycles. The summed E-state index contributed by atoms with van der Waals surface area (Å²) in [6.07, 6.45) is 3.87. The van der Waals surface area contributed by atoms with Crippen molar-refractivity contribution in [1.82, 2.24) is 15.2 Å². The Morgan fingerprint density at radius 2 is 2.47 bits per heavy atom. The highest BCUT2D eigenvalue weighted by Crippen LogP contribution is 2.22. The molecule has 80 valence electrons. The Kier molecular flexibility index (Phi) is 3.15. The lowest BCUT2D eigenvalue weighted by Gasteiger charge is -2.11. The smallest absolute Gasteiger partial charge is 0.0748 e. The van der Waals surface area contributed by atoms with Crippen LogP contribution in [0.3, 0.4) is 0 Å². The minimum atomic E-state index is 0.0385. The number of rotatable bonds is 4. The number of nitrogens with zero attached hydrogens (tertiary/aromatic N) is 2. The predicted molar refractivity (Wildman–Crippen MR) is 61.4 cm³/mol. The van der Waals surface area contributed by atoms with Crippen molar-refractivity contribution in [2.75, 3.05) is 0 Å². The van der Waals surface area contributed by atoms with Crippen molar-refractivity contribution in [2.24, 2.45) is 5.84 Å². The highest BCUT2D eigenvalue weighted by atomic mass is 32.1. The number of hydrogen-bond acceptors (Lipinski definition) is 4. The van der Waals surface area contributed by atoms with Crippen LogP contribution in [-0.4, -0.2) is 9.78 Å². The van der Waals surface area contributed by atoms with Crippen molar-refractivity contribution in [3.05, 3.63) is 40.3 Å². The quantitative estimate of drug-likeness (QED) is 0.609. The normalized spacial score (nSPS) is 12.9. The molecule has 4 nitrogen and oxygen atoms in total.